The zero-order chi connectivity index (χ0) is 21.2. The first kappa shape index (κ1) is 22.2. The van der Waals surface area contributed by atoms with Gasteiger partial charge in [-0.15, -0.1) is 0 Å². The van der Waals surface area contributed by atoms with Crippen molar-refractivity contribution < 1.29 is 0 Å². The number of anilines is 2. The van der Waals surface area contributed by atoms with Crippen molar-refractivity contribution in [2.24, 2.45) is 5.73 Å². The van der Waals surface area contributed by atoms with Crippen LogP contribution in [-0.4, -0.2) is 16.2 Å². The number of aryl methyl sites for hydroxylation is 1. The lowest BCUT2D eigenvalue weighted by atomic mass is 10.0. The van der Waals surface area contributed by atoms with Gasteiger partial charge in [-0.25, -0.2) is 4.98 Å². The third-order valence-corrected chi connectivity index (χ3v) is 4.41. The number of benzene rings is 1. The van der Waals surface area contributed by atoms with Gasteiger partial charge in [0, 0.05) is 34.8 Å². The van der Waals surface area contributed by atoms with Crippen LogP contribution in [0.15, 0.2) is 54.6 Å². The van der Waals surface area contributed by atoms with Gasteiger partial charge >= 0.3 is 0 Å². The molecule has 0 saturated heterocycles. The fourth-order valence-corrected chi connectivity index (χ4v) is 2.98. The van der Waals surface area contributed by atoms with Crippen molar-refractivity contribution in [1.82, 2.24) is 9.97 Å². The molecule has 3 aromatic rings. The van der Waals surface area contributed by atoms with E-state index in [1.54, 1.807) is 0 Å². The lowest BCUT2D eigenvalue weighted by Gasteiger charge is -2.13. The summed E-state index contributed by atoms with van der Waals surface area (Å²) in [5.74, 6) is 0.752. The lowest BCUT2D eigenvalue weighted by molar-refractivity contribution is 0.622. The van der Waals surface area contributed by atoms with Gasteiger partial charge in [-0.05, 0) is 43.7 Å². The van der Waals surface area contributed by atoms with Crippen molar-refractivity contribution in [3.63, 3.8) is 0 Å². The number of nitrogens with zero attached hydrogens (tertiary/aromatic N) is 2. The number of nitrogens with one attached hydrogen (secondary N) is 2. The van der Waals surface area contributed by atoms with Crippen LogP contribution in [0, 0.1) is 12.3 Å². The third-order valence-electron chi connectivity index (χ3n) is 4.41. The molecule has 0 aliphatic heterocycles. The summed E-state index contributed by atoms with van der Waals surface area (Å²) in [4.78, 5) is 9.24. The molecule has 0 bridgehead atoms. The van der Waals surface area contributed by atoms with Gasteiger partial charge in [0.2, 0.25) is 0 Å². The van der Waals surface area contributed by atoms with Gasteiger partial charge < -0.3 is 16.5 Å². The Morgan fingerprint density at radius 2 is 1.83 bits per heavy atom. The number of hydrogen-bond donors (Lipinski definition) is 3. The Hall–Kier alpha value is -3.05. The molecule has 5 heteroatoms. The molecule has 0 spiro atoms. The van der Waals surface area contributed by atoms with Crippen LogP contribution in [0.3, 0.4) is 0 Å². The van der Waals surface area contributed by atoms with Crippen LogP contribution in [-0.2, 0) is 0 Å². The van der Waals surface area contributed by atoms with Crippen molar-refractivity contribution >= 4 is 17.7 Å². The van der Waals surface area contributed by atoms with Crippen molar-refractivity contribution in [2.75, 3.05) is 5.32 Å². The van der Waals surface area contributed by atoms with Crippen LogP contribution in [0.25, 0.3) is 11.3 Å². The van der Waals surface area contributed by atoms with Gasteiger partial charge in [-0.1, -0.05) is 51.5 Å². The normalized spacial score (nSPS) is 11.2. The predicted molar refractivity (Wildman–Crippen MR) is 123 cm³/mol. The molecule has 0 aliphatic carbocycles. The standard InChI is InChI=1S/C22H25N5.C2H6/c1-3-6-18(24)20-9-5-8-19(26-20)16-11-12-17(14-23)21(13-16)27-22-10-4-7-15(2)25-22;1-2/h4-5,7-14,18,23H,3,6,24H2,1-2H3,(H,25,27);1-2H3. The first-order chi connectivity index (χ1) is 14.1. The summed E-state index contributed by atoms with van der Waals surface area (Å²) in [7, 11) is 0. The highest BCUT2D eigenvalue weighted by atomic mass is 15.0. The molecule has 1 atom stereocenters. The highest BCUT2D eigenvalue weighted by molar-refractivity contribution is 5.89. The van der Waals surface area contributed by atoms with Crippen molar-refractivity contribution in [3.8, 4) is 11.3 Å². The zero-order valence-electron chi connectivity index (χ0n) is 17.7. The molecule has 4 N–H and O–H groups in total. The maximum absolute atomic E-state index is 7.69. The van der Waals surface area contributed by atoms with Crippen LogP contribution in [0.4, 0.5) is 11.5 Å². The molecule has 0 saturated carbocycles. The van der Waals surface area contributed by atoms with Gasteiger partial charge in [0.05, 0.1) is 11.4 Å². The molecule has 3 rings (SSSR count). The molecule has 1 aromatic carbocycles. The van der Waals surface area contributed by atoms with Gasteiger partial charge in [-0.3, -0.25) is 4.98 Å². The number of rotatable bonds is 7. The summed E-state index contributed by atoms with van der Waals surface area (Å²) in [5.41, 5.74) is 11.5. The Bertz CT molecular complexity index is 936. The summed E-state index contributed by atoms with van der Waals surface area (Å²) in [6.07, 6.45) is 3.27. The molecule has 0 fully saturated rings. The molecule has 2 aromatic heterocycles. The summed E-state index contributed by atoms with van der Waals surface area (Å²) in [6, 6.07) is 17.6. The maximum Gasteiger partial charge on any atom is 0.130 e. The first-order valence-corrected chi connectivity index (χ1v) is 10.2. The lowest BCUT2D eigenvalue weighted by Crippen LogP contribution is -2.11. The zero-order valence-corrected chi connectivity index (χ0v) is 17.7. The van der Waals surface area contributed by atoms with Gasteiger partial charge in [0.25, 0.3) is 0 Å². The second kappa shape index (κ2) is 11.1. The SMILES string of the molecule is CC.CCCC(N)c1cccc(-c2ccc(C=N)c(Nc3cccc(C)n3)c2)n1. The van der Waals surface area contributed by atoms with Gasteiger partial charge in [0.15, 0.2) is 0 Å². The summed E-state index contributed by atoms with van der Waals surface area (Å²) >= 11 is 0. The first-order valence-electron chi connectivity index (χ1n) is 10.2. The summed E-state index contributed by atoms with van der Waals surface area (Å²) in [6.45, 7) is 8.07. The van der Waals surface area contributed by atoms with E-state index in [2.05, 4.69) is 17.2 Å². The van der Waals surface area contributed by atoms with Gasteiger partial charge in [0.1, 0.15) is 5.82 Å². The van der Waals surface area contributed by atoms with E-state index in [-0.39, 0.29) is 6.04 Å². The van der Waals surface area contributed by atoms with E-state index in [1.807, 2.05) is 75.4 Å². The minimum atomic E-state index is -0.0510. The molecular weight excluding hydrogens is 358 g/mol. The number of aromatic nitrogens is 2. The second-order valence-corrected chi connectivity index (χ2v) is 6.58. The van der Waals surface area contributed by atoms with Crippen LogP contribution >= 0.6 is 0 Å². The fourth-order valence-electron chi connectivity index (χ4n) is 2.98. The van der Waals surface area contributed by atoms with E-state index in [9.17, 15) is 0 Å². The molecule has 0 aliphatic rings. The van der Waals surface area contributed by atoms with Crippen LogP contribution < -0.4 is 11.1 Å². The molecule has 5 nitrogen and oxygen atoms in total. The van der Waals surface area contributed by atoms with E-state index in [1.165, 1.54) is 6.21 Å². The molecule has 0 radical (unpaired) electrons. The van der Waals surface area contributed by atoms with Crippen LogP contribution in [0.2, 0.25) is 0 Å². The number of pyridine rings is 2. The van der Waals surface area contributed by atoms with Crippen LogP contribution in [0.1, 0.15) is 56.6 Å². The largest absolute Gasteiger partial charge is 0.340 e. The van der Waals surface area contributed by atoms with E-state index in [4.69, 9.17) is 16.1 Å². The van der Waals surface area contributed by atoms with Crippen molar-refractivity contribution in [3.05, 3.63) is 71.5 Å². The summed E-state index contributed by atoms with van der Waals surface area (Å²) in [5, 5.41) is 11.0. The van der Waals surface area contributed by atoms with E-state index in [0.717, 1.165) is 52.6 Å². The average Bonchev–Trinajstić information content (AvgIpc) is 2.75. The Morgan fingerprint density at radius 1 is 1.07 bits per heavy atom. The molecule has 0 amide bonds. The molecular formula is C24H31N5. The minimum Gasteiger partial charge on any atom is -0.340 e. The van der Waals surface area contributed by atoms with Gasteiger partial charge in [-0.2, -0.15) is 0 Å². The maximum atomic E-state index is 7.69. The van der Waals surface area contributed by atoms with Crippen molar-refractivity contribution in [2.45, 2.75) is 46.6 Å². The monoisotopic (exact) mass is 389 g/mol. The van der Waals surface area contributed by atoms with E-state index < -0.39 is 0 Å². The minimum absolute atomic E-state index is 0.0510. The third kappa shape index (κ3) is 5.96. The van der Waals surface area contributed by atoms with Crippen molar-refractivity contribution in [1.29, 1.82) is 5.41 Å². The number of hydrogen-bond acceptors (Lipinski definition) is 5. The molecule has 2 heterocycles. The quantitative estimate of drug-likeness (QED) is 0.431. The molecule has 152 valence electrons. The Labute approximate surface area is 173 Å². The second-order valence-electron chi connectivity index (χ2n) is 6.58. The fraction of sp³-hybridized carbons (Fsp3) is 0.292. The van der Waals surface area contributed by atoms with E-state index >= 15 is 0 Å². The number of nitrogens with two attached hydrogens (primary N) is 1. The Balaban J connectivity index is 0.00000145. The Morgan fingerprint density at radius 3 is 2.52 bits per heavy atom. The van der Waals surface area contributed by atoms with E-state index in [0.29, 0.717) is 0 Å². The van der Waals surface area contributed by atoms with Crippen LogP contribution in [0.5, 0.6) is 0 Å². The topological polar surface area (TPSA) is 87.7 Å². The summed E-state index contributed by atoms with van der Waals surface area (Å²) < 4.78 is 0. The highest BCUT2D eigenvalue weighted by Gasteiger charge is 2.10. The average molecular weight is 390 g/mol. The smallest absolute Gasteiger partial charge is 0.130 e. The molecule has 1 unspecified atom stereocenters. The highest BCUT2D eigenvalue weighted by Crippen LogP contribution is 2.27. The predicted octanol–water partition coefficient (Wildman–Crippen LogP) is 6.02. The molecule has 29 heavy (non-hydrogen) atoms. The Kier molecular flexibility index (Phi) is 8.49.